The Kier molecular flexibility index (Phi) is 3.36. The molecule has 0 aliphatic heterocycles. The third-order valence-electron chi connectivity index (χ3n) is 1.45. The first-order valence-corrected chi connectivity index (χ1v) is 4.08. The van der Waals surface area contributed by atoms with Gasteiger partial charge in [0.15, 0.2) is 11.1 Å². The van der Waals surface area contributed by atoms with E-state index in [1.807, 2.05) is 20.8 Å². The maximum atomic E-state index is 11.0. The molecule has 2 nitrogen and oxygen atoms in total. The van der Waals surface area contributed by atoms with Gasteiger partial charge >= 0.3 is 0 Å². The molecule has 1 atom stereocenters. The molecule has 1 unspecified atom stereocenters. The van der Waals surface area contributed by atoms with Crippen LogP contribution >= 0.6 is 0 Å². The van der Waals surface area contributed by atoms with Gasteiger partial charge in [-0.1, -0.05) is 6.92 Å². The third-order valence-corrected chi connectivity index (χ3v) is 2.95. The molecular weight excluding hydrogens is 136 g/mol. The first-order chi connectivity index (χ1) is 4.04. The van der Waals surface area contributed by atoms with Gasteiger partial charge in [-0.15, -0.1) is 0 Å². The van der Waals surface area contributed by atoms with E-state index in [1.165, 1.54) is 7.11 Å². The van der Waals surface area contributed by atoms with Crippen LogP contribution in [0, 0.1) is 0 Å². The Morgan fingerprint density at radius 2 is 2.00 bits per heavy atom. The topological polar surface area (TPSA) is 26.3 Å². The van der Waals surface area contributed by atoms with E-state index in [0.29, 0.717) is 0 Å². The van der Waals surface area contributed by atoms with Gasteiger partial charge < -0.3 is 0 Å². The first-order valence-electron chi connectivity index (χ1n) is 3.01. The Balaban J connectivity index is 3.97. The van der Waals surface area contributed by atoms with Crippen LogP contribution in [0.4, 0.5) is 0 Å². The molecule has 0 aliphatic rings. The Labute approximate surface area is 59.3 Å². The Morgan fingerprint density at radius 3 is 2.11 bits per heavy atom. The summed E-state index contributed by atoms with van der Waals surface area (Å²) in [6.07, 6.45) is 0.869. The minimum Gasteiger partial charge on any atom is -0.294 e. The summed E-state index contributed by atoms with van der Waals surface area (Å²) in [6, 6.07) is 0. The van der Waals surface area contributed by atoms with Crippen LogP contribution in [0.15, 0.2) is 0 Å². The van der Waals surface area contributed by atoms with Crippen LogP contribution < -0.4 is 0 Å². The molecule has 0 amide bonds. The number of hydrogen-bond acceptors (Lipinski definition) is 2. The normalized spacial score (nSPS) is 15.6. The maximum absolute atomic E-state index is 11.0. The van der Waals surface area contributed by atoms with Gasteiger partial charge in [-0.25, -0.2) is 4.21 Å². The molecule has 0 bridgehead atoms. The molecule has 0 heterocycles. The van der Waals surface area contributed by atoms with Gasteiger partial charge in [0.1, 0.15) is 0 Å². The second-order valence-corrected chi connectivity index (χ2v) is 4.42. The summed E-state index contributed by atoms with van der Waals surface area (Å²) >= 11 is -1.14. The van der Waals surface area contributed by atoms with E-state index in [1.54, 1.807) is 0 Å². The van der Waals surface area contributed by atoms with Gasteiger partial charge in [-0.3, -0.25) is 4.18 Å². The zero-order chi connectivity index (χ0) is 7.49. The van der Waals surface area contributed by atoms with Crippen LogP contribution in [0.1, 0.15) is 27.2 Å². The van der Waals surface area contributed by atoms with Crippen LogP contribution in [-0.4, -0.2) is 16.1 Å². The Hall–Kier alpha value is 0.110. The van der Waals surface area contributed by atoms with E-state index in [4.69, 9.17) is 0 Å². The van der Waals surface area contributed by atoms with Crippen molar-refractivity contribution in [2.45, 2.75) is 31.9 Å². The van der Waals surface area contributed by atoms with Crippen molar-refractivity contribution in [3.05, 3.63) is 0 Å². The van der Waals surface area contributed by atoms with Crippen LogP contribution in [0.25, 0.3) is 0 Å². The maximum Gasteiger partial charge on any atom is 0.160 e. The Bertz CT molecular complexity index is 110. The van der Waals surface area contributed by atoms with Crippen molar-refractivity contribution >= 4 is 11.1 Å². The van der Waals surface area contributed by atoms with E-state index >= 15 is 0 Å². The molecule has 56 valence electrons. The molecule has 0 fully saturated rings. The van der Waals surface area contributed by atoms with Crippen molar-refractivity contribution in [2.75, 3.05) is 7.11 Å². The van der Waals surface area contributed by atoms with Crippen LogP contribution in [0.2, 0.25) is 0 Å². The molecule has 9 heavy (non-hydrogen) atoms. The lowest BCUT2D eigenvalue weighted by Gasteiger charge is -2.18. The summed E-state index contributed by atoms with van der Waals surface area (Å²) in [5.74, 6) is 0. The molecule has 0 aliphatic carbocycles. The van der Waals surface area contributed by atoms with Crippen LogP contribution in [0.5, 0.6) is 0 Å². The molecule has 0 radical (unpaired) electrons. The van der Waals surface area contributed by atoms with E-state index in [2.05, 4.69) is 4.18 Å². The van der Waals surface area contributed by atoms with Crippen molar-refractivity contribution in [1.29, 1.82) is 0 Å². The minimum absolute atomic E-state index is 0.200. The van der Waals surface area contributed by atoms with E-state index in [-0.39, 0.29) is 4.75 Å². The van der Waals surface area contributed by atoms with Crippen LogP contribution in [-0.2, 0) is 15.3 Å². The largest absolute Gasteiger partial charge is 0.294 e. The first kappa shape index (κ1) is 9.11. The summed E-state index contributed by atoms with van der Waals surface area (Å²) in [5, 5.41) is 0. The molecule has 0 spiro atoms. The SMILES string of the molecule is CCC(C)(C)S(=O)OC. The fraction of sp³-hybridized carbons (Fsp3) is 1.00. The summed E-state index contributed by atoms with van der Waals surface area (Å²) in [7, 11) is 1.47. The summed E-state index contributed by atoms with van der Waals surface area (Å²) in [4.78, 5) is 0. The van der Waals surface area contributed by atoms with Gasteiger partial charge in [0.2, 0.25) is 0 Å². The van der Waals surface area contributed by atoms with Crippen molar-refractivity contribution in [3.8, 4) is 0 Å². The quantitative estimate of drug-likeness (QED) is 0.609. The highest BCUT2D eigenvalue weighted by molar-refractivity contribution is 7.81. The van der Waals surface area contributed by atoms with Gasteiger partial charge in [-0.05, 0) is 20.3 Å². The van der Waals surface area contributed by atoms with Crippen molar-refractivity contribution < 1.29 is 8.39 Å². The van der Waals surface area contributed by atoms with Crippen LogP contribution in [0.3, 0.4) is 0 Å². The molecule has 0 aromatic carbocycles. The van der Waals surface area contributed by atoms with E-state index in [0.717, 1.165) is 6.42 Å². The number of hydrogen-bond donors (Lipinski definition) is 0. The third kappa shape index (κ3) is 2.45. The molecule has 0 aromatic rings. The van der Waals surface area contributed by atoms with Gasteiger partial charge in [0, 0.05) is 0 Å². The molecule has 0 saturated carbocycles. The number of rotatable bonds is 3. The van der Waals surface area contributed by atoms with E-state index in [9.17, 15) is 4.21 Å². The van der Waals surface area contributed by atoms with E-state index < -0.39 is 11.1 Å². The second kappa shape index (κ2) is 3.32. The predicted octanol–water partition coefficient (Wildman–Crippen LogP) is 1.49. The molecular formula is C6H14O2S. The fourth-order valence-electron chi connectivity index (χ4n) is 0.343. The van der Waals surface area contributed by atoms with Crippen molar-refractivity contribution in [1.82, 2.24) is 0 Å². The lowest BCUT2D eigenvalue weighted by atomic mass is 10.1. The van der Waals surface area contributed by atoms with Gasteiger partial charge in [0.05, 0.1) is 11.9 Å². The highest BCUT2D eigenvalue weighted by Crippen LogP contribution is 2.16. The lowest BCUT2D eigenvalue weighted by molar-refractivity contribution is 0.419. The van der Waals surface area contributed by atoms with Gasteiger partial charge in [-0.2, -0.15) is 0 Å². The molecule has 0 rings (SSSR count). The minimum atomic E-state index is -1.14. The van der Waals surface area contributed by atoms with Crippen molar-refractivity contribution in [3.63, 3.8) is 0 Å². The monoisotopic (exact) mass is 150 g/mol. The predicted molar refractivity (Wildman–Crippen MR) is 39.5 cm³/mol. The summed E-state index contributed by atoms with van der Waals surface area (Å²) in [5.41, 5.74) is 0. The smallest absolute Gasteiger partial charge is 0.160 e. The highest BCUT2D eigenvalue weighted by atomic mass is 32.2. The highest BCUT2D eigenvalue weighted by Gasteiger charge is 2.23. The fourth-order valence-corrected chi connectivity index (χ4v) is 1.03. The second-order valence-electron chi connectivity index (χ2n) is 2.51. The zero-order valence-corrected chi connectivity index (χ0v) is 7.25. The molecule has 0 saturated heterocycles. The zero-order valence-electron chi connectivity index (χ0n) is 6.43. The lowest BCUT2D eigenvalue weighted by Crippen LogP contribution is -2.25. The summed E-state index contributed by atoms with van der Waals surface area (Å²) in [6.45, 7) is 5.84. The molecule has 0 N–H and O–H groups in total. The van der Waals surface area contributed by atoms with Crippen molar-refractivity contribution in [2.24, 2.45) is 0 Å². The average molecular weight is 150 g/mol. The van der Waals surface area contributed by atoms with Gasteiger partial charge in [0.25, 0.3) is 0 Å². The average Bonchev–Trinajstić information content (AvgIpc) is 1.86. The standard InChI is InChI=1S/C6H14O2S/c1-5-6(2,3)9(7)8-4/h5H2,1-4H3. The summed E-state index contributed by atoms with van der Waals surface area (Å²) < 4.78 is 15.4. The molecule has 3 heteroatoms. The Morgan fingerprint density at radius 1 is 1.56 bits per heavy atom. The molecule has 0 aromatic heterocycles.